The average molecular weight is 343 g/mol. The number of rotatable bonds is 9. The van der Waals surface area contributed by atoms with Crippen molar-refractivity contribution < 1.29 is 19.0 Å². The van der Waals surface area contributed by atoms with Crippen molar-refractivity contribution in [2.75, 3.05) is 19.8 Å². The van der Waals surface area contributed by atoms with Gasteiger partial charge in [-0.3, -0.25) is 0 Å². The summed E-state index contributed by atoms with van der Waals surface area (Å²) in [6.07, 6.45) is 1.47. The van der Waals surface area contributed by atoms with Crippen LogP contribution in [0.25, 0.3) is 0 Å². The Morgan fingerprint density at radius 1 is 1.08 bits per heavy atom. The van der Waals surface area contributed by atoms with E-state index in [1.807, 2.05) is 37.3 Å². The van der Waals surface area contributed by atoms with Crippen LogP contribution in [-0.4, -0.2) is 32.1 Å². The molecule has 132 valence electrons. The van der Waals surface area contributed by atoms with E-state index in [0.717, 1.165) is 11.3 Å². The monoisotopic (exact) mass is 343 g/mol. The van der Waals surface area contributed by atoms with Crippen molar-refractivity contribution in [3.63, 3.8) is 0 Å². The van der Waals surface area contributed by atoms with E-state index in [1.54, 1.807) is 18.2 Å². The Morgan fingerprint density at radius 3 is 2.56 bits per heavy atom. The Morgan fingerprint density at radius 2 is 1.84 bits per heavy atom. The molecule has 0 bridgehead atoms. The first-order chi connectivity index (χ1) is 12.2. The topological polar surface area (TPSA) is 95.2 Å². The number of benzene rings is 2. The number of carbonyl (C=O) groups excluding carboxylic acids is 1. The van der Waals surface area contributed by atoms with Crippen LogP contribution >= 0.6 is 0 Å². The maximum Gasteiger partial charge on any atom is 0.332 e. The predicted molar refractivity (Wildman–Crippen MR) is 95.4 cm³/mol. The van der Waals surface area contributed by atoms with Crippen molar-refractivity contribution in [3.8, 4) is 17.2 Å². The van der Waals surface area contributed by atoms with E-state index in [1.165, 1.54) is 6.21 Å². The Balaban J connectivity index is 1.92. The highest BCUT2D eigenvalue weighted by Gasteiger charge is 2.06. The number of ether oxygens (including phenoxy) is 3. The van der Waals surface area contributed by atoms with Gasteiger partial charge in [0.1, 0.15) is 19.0 Å². The van der Waals surface area contributed by atoms with E-state index in [0.29, 0.717) is 31.3 Å². The molecule has 0 aliphatic heterocycles. The van der Waals surface area contributed by atoms with Crippen LogP contribution in [0.3, 0.4) is 0 Å². The summed E-state index contributed by atoms with van der Waals surface area (Å²) in [5.74, 6) is 1.99. The highest BCUT2D eigenvalue weighted by Crippen LogP contribution is 2.28. The molecule has 7 heteroatoms. The third-order valence-electron chi connectivity index (χ3n) is 3.01. The Bertz CT molecular complexity index is 705. The molecular formula is C18H21N3O4. The Hall–Kier alpha value is -3.22. The third-order valence-corrected chi connectivity index (χ3v) is 3.01. The number of nitrogens with one attached hydrogen (secondary N) is 1. The maximum absolute atomic E-state index is 10.6. The van der Waals surface area contributed by atoms with E-state index in [4.69, 9.17) is 19.9 Å². The van der Waals surface area contributed by atoms with Crippen LogP contribution in [0.15, 0.2) is 53.6 Å². The Kier molecular flexibility index (Phi) is 7.12. The third kappa shape index (κ3) is 6.42. The number of primary amides is 1. The van der Waals surface area contributed by atoms with Gasteiger partial charge in [-0.15, -0.1) is 0 Å². The SMILES string of the molecule is CCOc1cc(/C=N\NC(N)=O)ccc1OCCOc1ccccc1. The molecule has 0 spiro atoms. The molecular weight excluding hydrogens is 322 g/mol. The summed E-state index contributed by atoms with van der Waals surface area (Å²) < 4.78 is 16.9. The number of urea groups is 1. The summed E-state index contributed by atoms with van der Waals surface area (Å²) >= 11 is 0. The van der Waals surface area contributed by atoms with Gasteiger partial charge < -0.3 is 19.9 Å². The zero-order valence-electron chi connectivity index (χ0n) is 14.0. The molecule has 0 fully saturated rings. The minimum absolute atomic E-state index is 0.381. The van der Waals surface area contributed by atoms with Crippen molar-refractivity contribution in [1.29, 1.82) is 0 Å². The van der Waals surface area contributed by atoms with Gasteiger partial charge in [-0.1, -0.05) is 18.2 Å². The zero-order chi connectivity index (χ0) is 17.9. The van der Waals surface area contributed by atoms with Gasteiger partial charge in [0.15, 0.2) is 11.5 Å². The maximum atomic E-state index is 10.6. The molecule has 0 saturated heterocycles. The standard InChI is InChI=1S/C18H21N3O4/c1-2-23-17-12-14(13-20-21-18(19)22)8-9-16(17)25-11-10-24-15-6-4-3-5-7-15/h3-9,12-13H,2,10-11H2,1H3,(H3,19,21,22)/b20-13-. The molecule has 7 nitrogen and oxygen atoms in total. The lowest BCUT2D eigenvalue weighted by Gasteiger charge is -2.13. The van der Waals surface area contributed by atoms with Gasteiger partial charge in [-0.05, 0) is 42.8 Å². The number of hydrogen-bond donors (Lipinski definition) is 2. The van der Waals surface area contributed by atoms with E-state index < -0.39 is 6.03 Å². The first-order valence-corrected chi connectivity index (χ1v) is 7.85. The number of amides is 2. The van der Waals surface area contributed by atoms with Crippen molar-refractivity contribution in [1.82, 2.24) is 5.43 Å². The highest BCUT2D eigenvalue weighted by atomic mass is 16.5. The predicted octanol–water partition coefficient (Wildman–Crippen LogP) is 2.55. The summed E-state index contributed by atoms with van der Waals surface area (Å²) in [4.78, 5) is 10.6. The molecule has 0 atom stereocenters. The quantitative estimate of drug-likeness (QED) is 0.415. The molecule has 0 heterocycles. The second-order valence-corrected chi connectivity index (χ2v) is 4.88. The number of nitrogens with zero attached hydrogens (tertiary/aromatic N) is 1. The Labute approximate surface area is 146 Å². The van der Waals surface area contributed by atoms with Crippen LogP contribution in [0.5, 0.6) is 17.2 Å². The molecule has 0 radical (unpaired) electrons. The molecule has 2 rings (SSSR count). The highest BCUT2D eigenvalue weighted by molar-refractivity contribution is 5.82. The number of nitrogens with two attached hydrogens (primary N) is 1. The number of carbonyl (C=O) groups is 1. The van der Waals surface area contributed by atoms with Crippen LogP contribution in [0.2, 0.25) is 0 Å². The van der Waals surface area contributed by atoms with Crippen LogP contribution in [0.1, 0.15) is 12.5 Å². The van der Waals surface area contributed by atoms with Crippen molar-refractivity contribution >= 4 is 12.2 Å². The molecule has 0 aliphatic carbocycles. The zero-order valence-corrected chi connectivity index (χ0v) is 14.0. The molecule has 2 aromatic carbocycles. The summed E-state index contributed by atoms with van der Waals surface area (Å²) in [5, 5.41) is 3.72. The molecule has 0 saturated carbocycles. The second kappa shape index (κ2) is 9.82. The van der Waals surface area contributed by atoms with Crippen LogP contribution in [0.4, 0.5) is 4.79 Å². The van der Waals surface area contributed by atoms with Gasteiger partial charge in [0.25, 0.3) is 0 Å². The lowest BCUT2D eigenvalue weighted by Crippen LogP contribution is -2.24. The normalized spacial score (nSPS) is 10.4. The molecule has 0 aliphatic rings. The largest absolute Gasteiger partial charge is 0.490 e. The molecule has 0 aromatic heterocycles. The molecule has 2 aromatic rings. The van der Waals surface area contributed by atoms with E-state index >= 15 is 0 Å². The molecule has 2 amide bonds. The van der Waals surface area contributed by atoms with Gasteiger partial charge in [0.2, 0.25) is 0 Å². The molecule has 25 heavy (non-hydrogen) atoms. The fourth-order valence-electron chi connectivity index (χ4n) is 1.99. The van der Waals surface area contributed by atoms with Gasteiger partial charge in [0.05, 0.1) is 12.8 Å². The molecule has 3 N–H and O–H groups in total. The first kappa shape index (κ1) is 18.1. The second-order valence-electron chi connectivity index (χ2n) is 4.88. The minimum Gasteiger partial charge on any atom is -0.490 e. The van der Waals surface area contributed by atoms with Crippen LogP contribution in [-0.2, 0) is 0 Å². The summed E-state index contributed by atoms with van der Waals surface area (Å²) in [6.45, 7) is 3.18. The number of hydrazone groups is 1. The average Bonchev–Trinajstić information content (AvgIpc) is 2.61. The summed E-state index contributed by atoms with van der Waals surface area (Å²) in [6, 6.07) is 14.2. The lowest BCUT2D eigenvalue weighted by atomic mass is 10.2. The van der Waals surface area contributed by atoms with Gasteiger partial charge >= 0.3 is 6.03 Å². The van der Waals surface area contributed by atoms with Crippen molar-refractivity contribution in [2.24, 2.45) is 10.8 Å². The van der Waals surface area contributed by atoms with E-state index in [2.05, 4.69) is 10.5 Å². The van der Waals surface area contributed by atoms with Crippen LogP contribution < -0.4 is 25.4 Å². The smallest absolute Gasteiger partial charge is 0.332 e. The summed E-state index contributed by atoms with van der Waals surface area (Å²) in [5.41, 5.74) is 7.83. The fraction of sp³-hybridized carbons (Fsp3) is 0.222. The lowest BCUT2D eigenvalue weighted by molar-refractivity contribution is 0.208. The fourth-order valence-corrected chi connectivity index (χ4v) is 1.99. The van der Waals surface area contributed by atoms with Crippen molar-refractivity contribution in [3.05, 3.63) is 54.1 Å². The number of hydrogen-bond acceptors (Lipinski definition) is 5. The van der Waals surface area contributed by atoms with E-state index in [9.17, 15) is 4.79 Å². The first-order valence-electron chi connectivity index (χ1n) is 7.85. The van der Waals surface area contributed by atoms with Crippen molar-refractivity contribution in [2.45, 2.75) is 6.92 Å². The molecule has 0 unspecified atom stereocenters. The minimum atomic E-state index is -0.723. The van der Waals surface area contributed by atoms with Gasteiger partial charge in [0, 0.05) is 0 Å². The van der Waals surface area contributed by atoms with Gasteiger partial charge in [-0.2, -0.15) is 5.10 Å². The van der Waals surface area contributed by atoms with E-state index in [-0.39, 0.29) is 0 Å². The number of para-hydroxylation sites is 1. The summed E-state index contributed by atoms with van der Waals surface area (Å²) in [7, 11) is 0. The van der Waals surface area contributed by atoms with Gasteiger partial charge in [-0.25, -0.2) is 10.2 Å². The van der Waals surface area contributed by atoms with Crippen LogP contribution in [0, 0.1) is 0 Å².